The molecule has 0 radical (unpaired) electrons. The lowest BCUT2D eigenvalue weighted by atomic mass is 10.0. The van der Waals surface area contributed by atoms with Gasteiger partial charge in [-0.15, -0.1) is 0 Å². The van der Waals surface area contributed by atoms with Gasteiger partial charge in [0.05, 0.1) is 12.3 Å². The van der Waals surface area contributed by atoms with Crippen LogP contribution >= 0.6 is 0 Å². The Morgan fingerprint density at radius 3 is 2.38 bits per heavy atom. The van der Waals surface area contributed by atoms with Crippen molar-refractivity contribution in [3.8, 4) is 5.75 Å². The van der Waals surface area contributed by atoms with Gasteiger partial charge in [0, 0.05) is 6.54 Å². The average molecular weight is 352 g/mol. The van der Waals surface area contributed by atoms with Gasteiger partial charge < -0.3 is 15.4 Å². The quantitative estimate of drug-likeness (QED) is 0.750. The van der Waals surface area contributed by atoms with Crippen LogP contribution in [0.2, 0.25) is 0 Å². The van der Waals surface area contributed by atoms with Crippen molar-refractivity contribution in [2.75, 3.05) is 11.9 Å². The summed E-state index contributed by atoms with van der Waals surface area (Å²) in [6.07, 6.45) is 1.13. The normalized spacial score (nSPS) is 14.4. The first-order valence-corrected chi connectivity index (χ1v) is 8.92. The highest BCUT2D eigenvalue weighted by Crippen LogP contribution is 2.47. The van der Waals surface area contributed by atoms with Crippen LogP contribution in [0.15, 0.2) is 48.5 Å². The highest BCUT2D eigenvalue weighted by molar-refractivity contribution is 6.13. The summed E-state index contributed by atoms with van der Waals surface area (Å²) in [5.41, 5.74) is 1.81. The van der Waals surface area contributed by atoms with Crippen molar-refractivity contribution < 1.29 is 14.3 Å². The molecular formula is C21H24N2O3. The molecule has 0 aromatic heterocycles. The molecule has 3 rings (SSSR count). The van der Waals surface area contributed by atoms with E-state index in [9.17, 15) is 9.59 Å². The zero-order valence-corrected chi connectivity index (χ0v) is 15.2. The number of ether oxygens (including phenoxy) is 1. The molecular weight excluding hydrogens is 328 g/mol. The van der Waals surface area contributed by atoms with Crippen molar-refractivity contribution in [2.24, 2.45) is 5.41 Å². The van der Waals surface area contributed by atoms with Crippen LogP contribution in [-0.2, 0) is 16.1 Å². The third-order valence-corrected chi connectivity index (χ3v) is 4.63. The Hall–Kier alpha value is -2.82. The van der Waals surface area contributed by atoms with Gasteiger partial charge in [0.1, 0.15) is 11.2 Å². The van der Waals surface area contributed by atoms with Gasteiger partial charge in [0.25, 0.3) is 0 Å². The molecule has 1 aliphatic rings. The number of aryl methyl sites for hydroxylation is 1. The molecule has 2 amide bonds. The number of anilines is 1. The summed E-state index contributed by atoms with van der Waals surface area (Å²) in [5, 5.41) is 5.76. The van der Waals surface area contributed by atoms with Crippen LogP contribution in [0, 0.1) is 12.3 Å². The standard InChI is InChI=1S/C21H24N2O3/c1-3-26-18-7-5-4-6-17(18)23-20(25)21(12-13-21)19(24)22-14-16-10-8-15(2)9-11-16/h4-11H,3,12-14H2,1-2H3,(H,22,24)(H,23,25). The molecule has 1 fully saturated rings. The van der Waals surface area contributed by atoms with Gasteiger partial charge in [0.2, 0.25) is 11.8 Å². The van der Waals surface area contributed by atoms with Gasteiger partial charge in [-0.1, -0.05) is 42.0 Å². The highest BCUT2D eigenvalue weighted by atomic mass is 16.5. The van der Waals surface area contributed by atoms with E-state index in [0.29, 0.717) is 37.4 Å². The van der Waals surface area contributed by atoms with E-state index in [1.807, 2.05) is 50.2 Å². The lowest BCUT2D eigenvalue weighted by Gasteiger charge is -2.17. The molecule has 26 heavy (non-hydrogen) atoms. The Balaban J connectivity index is 1.63. The first-order valence-electron chi connectivity index (χ1n) is 8.92. The van der Waals surface area contributed by atoms with Crippen molar-refractivity contribution in [3.05, 3.63) is 59.7 Å². The van der Waals surface area contributed by atoms with Gasteiger partial charge >= 0.3 is 0 Å². The highest BCUT2D eigenvalue weighted by Gasteiger charge is 2.56. The molecule has 1 saturated carbocycles. The summed E-state index contributed by atoms with van der Waals surface area (Å²) < 4.78 is 5.53. The van der Waals surface area contributed by atoms with Crippen molar-refractivity contribution in [2.45, 2.75) is 33.2 Å². The molecule has 2 aromatic carbocycles. The Labute approximate surface area is 153 Å². The average Bonchev–Trinajstić information content (AvgIpc) is 3.45. The SMILES string of the molecule is CCOc1ccccc1NC(=O)C1(C(=O)NCc2ccc(C)cc2)CC1. The van der Waals surface area contributed by atoms with E-state index in [2.05, 4.69) is 10.6 Å². The van der Waals surface area contributed by atoms with Crippen LogP contribution in [0.25, 0.3) is 0 Å². The maximum absolute atomic E-state index is 12.7. The molecule has 2 aromatic rings. The Kier molecular flexibility index (Phi) is 5.26. The molecule has 0 unspecified atom stereocenters. The molecule has 136 valence electrons. The minimum absolute atomic E-state index is 0.218. The van der Waals surface area contributed by atoms with Crippen LogP contribution < -0.4 is 15.4 Å². The third kappa shape index (κ3) is 3.87. The number of rotatable bonds is 7. The monoisotopic (exact) mass is 352 g/mol. The van der Waals surface area contributed by atoms with Gasteiger partial charge in [-0.3, -0.25) is 9.59 Å². The predicted molar refractivity (Wildman–Crippen MR) is 101 cm³/mol. The first-order chi connectivity index (χ1) is 12.5. The summed E-state index contributed by atoms with van der Waals surface area (Å²) >= 11 is 0. The first kappa shape index (κ1) is 18.0. The number of carbonyl (C=O) groups is 2. The number of amides is 2. The van der Waals surface area contributed by atoms with Gasteiger partial charge in [-0.2, -0.15) is 0 Å². The zero-order valence-electron chi connectivity index (χ0n) is 15.2. The fourth-order valence-corrected chi connectivity index (χ4v) is 2.83. The van der Waals surface area contributed by atoms with E-state index < -0.39 is 5.41 Å². The molecule has 0 spiro atoms. The zero-order chi connectivity index (χ0) is 18.6. The van der Waals surface area contributed by atoms with Crippen LogP contribution in [-0.4, -0.2) is 18.4 Å². The van der Waals surface area contributed by atoms with Crippen molar-refractivity contribution in [1.82, 2.24) is 5.32 Å². The Bertz CT molecular complexity index is 795. The molecule has 0 atom stereocenters. The minimum Gasteiger partial charge on any atom is -0.492 e. The Morgan fingerprint density at radius 1 is 1.04 bits per heavy atom. The van der Waals surface area contributed by atoms with E-state index in [1.165, 1.54) is 5.56 Å². The number of hydrogen-bond donors (Lipinski definition) is 2. The summed E-state index contributed by atoms with van der Waals surface area (Å²) in [7, 11) is 0. The maximum Gasteiger partial charge on any atom is 0.240 e. The number of carbonyl (C=O) groups excluding carboxylic acids is 2. The van der Waals surface area contributed by atoms with Gasteiger partial charge in [-0.25, -0.2) is 0 Å². The lowest BCUT2D eigenvalue weighted by molar-refractivity contribution is -0.134. The molecule has 0 saturated heterocycles. The summed E-state index contributed by atoms with van der Waals surface area (Å²) in [4.78, 5) is 25.3. The molecule has 0 bridgehead atoms. The minimum atomic E-state index is -0.968. The smallest absolute Gasteiger partial charge is 0.240 e. The summed E-state index contributed by atoms with van der Waals surface area (Å²) in [6.45, 7) is 4.84. The predicted octanol–water partition coefficient (Wildman–Crippen LogP) is 3.43. The van der Waals surface area contributed by atoms with Gasteiger partial charge in [-0.05, 0) is 44.4 Å². The summed E-state index contributed by atoms with van der Waals surface area (Å²) in [5.74, 6) is 0.120. The summed E-state index contributed by atoms with van der Waals surface area (Å²) in [6, 6.07) is 15.2. The van der Waals surface area contributed by atoms with Gasteiger partial charge in [0.15, 0.2) is 0 Å². The topological polar surface area (TPSA) is 67.4 Å². The molecule has 2 N–H and O–H groups in total. The largest absolute Gasteiger partial charge is 0.492 e. The second kappa shape index (κ2) is 7.60. The van der Waals surface area contributed by atoms with Crippen LogP contribution in [0.3, 0.4) is 0 Å². The molecule has 5 nitrogen and oxygen atoms in total. The number of benzene rings is 2. The van der Waals surface area contributed by atoms with Crippen LogP contribution in [0.4, 0.5) is 5.69 Å². The van der Waals surface area contributed by atoms with E-state index in [4.69, 9.17) is 4.74 Å². The molecule has 5 heteroatoms. The molecule has 0 aliphatic heterocycles. The van der Waals surface area contributed by atoms with E-state index in [0.717, 1.165) is 5.56 Å². The lowest BCUT2D eigenvalue weighted by Crippen LogP contribution is -2.39. The van der Waals surface area contributed by atoms with Crippen LogP contribution in [0.1, 0.15) is 30.9 Å². The van der Waals surface area contributed by atoms with Crippen molar-refractivity contribution in [1.29, 1.82) is 0 Å². The number of hydrogen-bond acceptors (Lipinski definition) is 3. The van der Waals surface area contributed by atoms with Crippen molar-refractivity contribution >= 4 is 17.5 Å². The third-order valence-electron chi connectivity index (χ3n) is 4.63. The van der Waals surface area contributed by atoms with Crippen molar-refractivity contribution in [3.63, 3.8) is 0 Å². The van der Waals surface area contributed by atoms with E-state index >= 15 is 0 Å². The fraction of sp³-hybridized carbons (Fsp3) is 0.333. The second-order valence-electron chi connectivity index (χ2n) is 6.63. The maximum atomic E-state index is 12.7. The number of nitrogens with one attached hydrogen (secondary N) is 2. The number of para-hydroxylation sites is 2. The Morgan fingerprint density at radius 2 is 1.73 bits per heavy atom. The molecule has 0 heterocycles. The fourth-order valence-electron chi connectivity index (χ4n) is 2.83. The molecule has 1 aliphatic carbocycles. The van der Waals surface area contributed by atoms with E-state index in [-0.39, 0.29) is 11.8 Å². The van der Waals surface area contributed by atoms with E-state index in [1.54, 1.807) is 12.1 Å². The second-order valence-corrected chi connectivity index (χ2v) is 6.63. The van der Waals surface area contributed by atoms with Crippen LogP contribution in [0.5, 0.6) is 5.75 Å².